The second-order valence-corrected chi connectivity index (χ2v) is 17.5. The van der Waals surface area contributed by atoms with Gasteiger partial charge in [-0.25, -0.2) is 0 Å². The highest BCUT2D eigenvalue weighted by molar-refractivity contribution is 8.00. The van der Waals surface area contributed by atoms with Gasteiger partial charge in [0.1, 0.15) is 5.76 Å². The van der Waals surface area contributed by atoms with Crippen molar-refractivity contribution in [3.05, 3.63) is 222 Å². The molecule has 0 amide bonds. The van der Waals surface area contributed by atoms with Crippen LogP contribution in [0.2, 0.25) is 0 Å². The van der Waals surface area contributed by atoms with Crippen molar-refractivity contribution in [3.63, 3.8) is 0 Å². The van der Waals surface area contributed by atoms with Gasteiger partial charge in [0.25, 0.3) is 0 Å². The molecule has 5 aliphatic rings. The van der Waals surface area contributed by atoms with Gasteiger partial charge in [0.05, 0.1) is 17.8 Å². The van der Waals surface area contributed by atoms with E-state index in [1.807, 2.05) is 11.8 Å². The maximum Gasteiger partial charge on any atom is 0.158 e. The Morgan fingerprint density at radius 3 is 2.28 bits per heavy atom. The van der Waals surface area contributed by atoms with Crippen LogP contribution in [0, 0.1) is 0 Å². The van der Waals surface area contributed by atoms with Crippen molar-refractivity contribution in [1.29, 1.82) is 0 Å². The van der Waals surface area contributed by atoms with E-state index in [2.05, 4.69) is 204 Å². The molecule has 1 aromatic heterocycles. The first-order valence-corrected chi connectivity index (χ1v) is 21.6. The van der Waals surface area contributed by atoms with E-state index in [0.29, 0.717) is 23.0 Å². The van der Waals surface area contributed by atoms with Crippen LogP contribution >= 0.6 is 11.8 Å². The number of para-hydroxylation sites is 3. The van der Waals surface area contributed by atoms with Crippen molar-refractivity contribution in [3.8, 4) is 0 Å². The lowest BCUT2D eigenvalue weighted by Gasteiger charge is -2.37. The Bertz CT molecular complexity index is 2810. The smallest absolute Gasteiger partial charge is 0.158 e. The molecule has 2 aliphatic heterocycles. The quantitative estimate of drug-likeness (QED) is 0.157. The van der Waals surface area contributed by atoms with Gasteiger partial charge in [-0.05, 0) is 89.2 Å². The second kappa shape index (κ2) is 13.7. The van der Waals surface area contributed by atoms with Crippen molar-refractivity contribution in [2.45, 2.75) is 52.8 Å². The summed E-state index contributed by atoms with van der Waals surface area (Å²) in [4.78, 5) is 6.50. The molecule has 0 spiro atoms. The molecule has 3 nitrogen and oxygen atoms in total. The first kappa shape index (κ1) is 33.9. The van der Waals surface area contributed by atoms with E-state index in [4.69, 9.17) is 4.42 Å². The summed E-state index contributed by atoms with van der Waals surface area (Å²) in [5.41, 5.74) is 13.8. The zero-order chi connectivity index (χ0) is 38.2. The zero-order valence-electron chi connectivity index (χ0n) is 32.1. The van der Waals surface area contributed by atoms with E-state index in [0.717, 1.165) is 29.9 Å². The fraction of sp³-hybridized carbons (Fsp3) is 0.148. The van der Waals surface area contributed by atoms with E-state index in [1.165, 1.54) is 60.7 Å². The number of thioether (sulfide) groups is 1. The summed E-state index contributed by atoms with van der Waals surface area (Å²) in [5, 5.41) is 1.70. The van der Waals surface area contributed by atoms with Crippen LogP contribution in [0.5, 0.6) is 0 Å². The molecule has 0 saturated heterocycles. The molecular weight excluding hydrogens is 725 g/mol. The summed E-state index contributed by atoms with van der Waals surface area (Å²) < 4.78 is 6.89. The minimum absolute atomic E-state index is 0.167. The molecule has 6 atom stereocenters. The number of hydrogen-bond acceptors (Lipinski definition) is 4. The molecule has 3 heterocycles. The Morgan fingerprint density at radius 1 is 0.638 bits per heavy atom. The number of furan rings is 1. The van der Waals surface area contributed by atoms with Crippen LogP contribution in [0.15, 0.2) is 197 Å². The lowest BCUT2D eigenvalue weighted by Crippen LogP contribution is -2.35. The lowest BCUT2D eigenvalue weighted by atomic mass is 9.85. The van der Waals surface area contributed by atoms with E-state index in [9.17, 15) is 0 Å². The van der Waals surface area contributed by atoms with Crippen LogP contribution in [-0.4, -0.2) is 17.3 Å². The molecule has 6 aromatic carbocycles. The van der Waals surface area contributed by atoms with Crippen LogP contribution in [0.4, 0.5) is 22.7 Å². The van der Waals surface area contributed by atoms with Crippen LogP contribution in [0.3, 0.4) is 0 Å². The molecule has 0 bridgehead atoms. The van der Waals surface area contributed by atoms with Crippen molar-refractivity contribution in [2.75, 3.05) is 9.80 Å². The Labute approximate surface area is 344 Å². The van der Waals surface area contributed by atoms with Gasteiger partial charge >= 0.3 is 0 Å². The Hall–Kier alpha value is -6.23. The molecule has 0 N–H and O–H groups in total. The van der Waals surface area contributed by atoms with Gasteiger partial charge in [-0.2, -0.15) is 0 Å². The average Bonchev–Trinajstić information content (AvgIpc) is 3.96. The highest BCUT2D eigenvalue weighted by Gasteiger charge is 2.40. The van der Waals surface area contributed by atoms with Crippen molar-refractivity contribution in [1.82, 2.24) is 0 Å². The van der Waals surface area contributed by atoms with E-state index in [1.54, 1.807) is 0 Å². The van der Waals surface area contributed by atoms with Gasteiger partial charge in [0.15, 0.2) is 5.58 Å². The normalized spacial score (nSPS) is 23.5. The molecule has 0 fully saturated rings. The van der Waals surface area contributed by atoms with Gasteiger partial charge in [0, 0.05) is 55.9 Å². The molecule has 6 unspecified atom stereocenters. The molecule has 0 radical (unpaired) electrons. The standard InChI is InChI=1S/C54H42N2OS/c1-3-12-35(13-4-1)37-25-31-51-47(32-37)46-18-11-20-49(54(46)57-51)55(41-28-30-45-44-17-8-10-21-52(44)58-53(45)34-41)40-26-22-36(23-27-40)38-24-29-43-42-16-7-9-19-48(42)56(50(43)33-38)39-14-5-2-6-15-39/h1-31,33,37,41,43,45,50,53H,32,34H2. The summed E-state index contributed by atoms with van der Waals surface area (Å²) >= 11 is 2.05. The van der Waals surface area contributed by atoms with Crippen LogP contribution in [0.25, 0.3) is 22.6 Å². The molecule has 58 heavy (non-hydrogen) atoms. The van der Waals surface area contributed by atoms with Gasteiger partial charge in [-0.15, -0.1) is 11.8 Å². The fourth-order valence-corrected chi connectivity index (χ4v) is 11.9. The summed E-state index contributed by atoms with van der Waals surface area (Å²) in [6.45, 7) is 0. The predicted octanol–water partition coefficient (Wildman–Crippen LogP) is 13.8. The third kappa shape index (κ3) is 5.50. The Balaban J connectivity index is 0.922. The van der Waals surface area contributed by atoms with Gasteiger partial charge in [-0.3, -0.25) is 0 Å². The molecule has 4 heteroatoms. The highest BCUT2D eigenvalue weighted by Crippen LogP contribution is 2.52. The first-order valence-electron chi connectivity index (χ1n) is 20.7. The zero-order valence-corrected chi connectivity index (χ0v) is 32.9. The van der Waals surface area contributed by atoms with E-state index < -0.39 is 0 Å². The third-order valence-electron chi connectivity index (χ3n) is 13.1. The van der Waals surface area contributed by atoms with E-state index >= 15 is 0 Å². The Morgan fingerprint density at radius 2 is 1.41 bits per heavy atom. The number of allylic oxidation sites excluding steroid dienone is 4. The minimum atomic E-state index is 0.167. The van der Waals surface area contributed by atoms with Gasteiger partial charge in [-0.1, -0.05) is 146 Å². The van der Waals surface area contributed by atoms with Crippen molar-refractivity contribution in [2.24, 2.45) is 0 Å². The van der Waals surface area contributed by atoms with Gasteiger partial charge in [0.2, 0.25) is 0 Å². The van der Waals surface area contributed by atoms with Crippen LogP contribution in [-0.2, 0) is 6.42 Å². The molecule has 7 aromatic rings. The molecule has 280 valence electrons. The number of benzene rings is 6. The third-order valence-corrected chi connectivity index (χ3v) is 14.5. The Kier molecular flexibility index (Phi) is 8.01. The van der Waals surface area contributed by atoms with Crippen LogP contribution in [0.1, 0.15) is 57.8 Å². The maximum absolute atomic E-state index is 6.89. The molecule has 12 rings (SSSR count). The summed E-state index contributed by atoms with van der Waals surface area (Å²) in [6, 6.07) is 56.0. The molecular formula is C54H42N2OS. The van der Waals surface area contributed by atoms with Crippen molar-refractivity contribution < 1.29 is 4.42 Å². The van der Waals surface area contributed by atoms with Crippen LogP contribution < -0.4 is 9.80 Å². The number of hydrogen-bond donors (Lipinski definition) is 0. The average molecular weight is 767 g/mol. The number of nitrogens with zero attached hydrogens (tertiary/aromatic N) is 2. The monoisotopic (exact) mass is 766 g/mol. The summed E-state index contributed by atoms with van der Waals surface area (Å²) in [7, 11) is 0. The summed E-state index contributed by atoms with van der Waals surface area (Å²) in [6.07, 6.45) is 18.7. The van der Waals surface area contributed by atoms with Crippen molar-refractivity contribution >= 4 is 57.1 Å². The predicted molar refractivity (Wildman–Crippen MR) is 242 cm³/mol. The number of rotatable bonds is 6. The second-order valence-electron chi connectivity index (χ2n) is 16.3. The molecule has 3 aliphatic carbocycles. The molecule has 0 saturated carbocycles. The number of fused-ring (bicyclic) bond motifs is 9. The minimum Gasteiger partial charge on any atom is -0.454 e. The van der Waals surface area contributed by atoms with Gasteiger partial charge < -0.3 is 14.2 Å². The topological polar surface area (TPSA) is 19.6 Å². The summed E-state index contributed by atoms with van der Waals surface area (Å²) in [5.74, 6) is 2.07. The fourth-order valence-electron chi connectivity index (χ4n) is 10.4. The largest absolute Gasteiger partial charge is 0.454 e. The van der Waals surface area contributed by atoms with E-state index in [-0.39, 0.29) is 12.1 Å². The maximum atomic E-state index is 6.89. The SMILES string of the molecule is C1=CC2c3ccccc3N(c3ccccc3)C2C=C1c1ccc(N(c2cccc3c4c(oc23)C=CC(c2ccccc2)C4)C2C=CC3c4ccccc4SC3C2)cc1. The lowest BCUT2D eigenvalue weighted by molar-refractivity contribution is 0.582. The number of anilines is 4. The highest BCUT2D eigenvalue weighted by atomic mass is 32.2. The first-order chi connectivity index (χ1) is 28.7.